The van der Waals surface area contributed by atoms with Crippen molar-refractivity contribution in [3.05, 3.63) is 69.8 Å². The molecule has 0 spiro atoms. The van der Waals surface area contributed by atoms with Crippen molar-refractivity contribution in [3.63, 3.8) is 0 Å². The van der Waals surface area contributed by atoms with E-state index in [0.29, 0.717) is 0 Å². The number of nitro benzene ring substituents is 1. The summed E-state index contributed by atoms with van der Waals surface area (Å²) in [6, 6.07) is 8.25. The standard InChI is InChI=1S/C14H9F2NO3S/c15-10-4-5-12(16)14(7-10)21-8-13(18)9-2-1-3-11(6-9)17(19)20/h1-7H,8H2. The van der Waals surface area contributed by atoms with Crippen molar-refractivity contribution in [2.45, 2.75) is 4.90 Å². The minimum atomic E-state index is -0.617. The molecule has 0 aromatic heterocycles. The van der Waals surface area contributed by atoms with Crippen molar-refractivity contribution in [2.75, 3.05) is 5.75 Å². The maximum atomic E-state index is 13.4. The van der Waals surface area contributed by atoms with Crippen LogP contribution in [0.25, 0.3) is 0 Å². The van der Waals surface area contributed by atoms with E-state index in [2.05, 4.69) is 0 Å². The van der Waals surface area contributed by atoms with E-state index in [4.69, 9.17) is 0 Å². The number of benzene rings is 2. The van der Waals surface area contributed by atoms with Gasteiger partial charge in [-0.2, -0.15) is 0 Å². The Bertz CT molecular complexity index is 706. The van der Waals surface area contributed by atoms with E-state index in [1.807, 2.05) is 0 Å². The predicted octanol–water partition coefficient (Wildman–Crippen LogP) is 3.85. The third-order valence-electron chi connectivity index (χ3n) is 2.63. The zero-order valence-electron chi connectivity index (χ0n) is 10.6. The van der Waals surface area contributed by atoms with Crippen LogP contribution in [0.15, 0.2) is 47.4 Å². The number of halogens is 2. The predicted molar refractivity (Wildman–Crippen MR) is 74.5 cm³/mol. The first-order valence-electron chi connectivity index (χ1n) is 5.83. The molecule has 2 aromatic carbocycles. The molecule has 0 amide bonds. The van der Waals surface area contributed by atoms with Crippen molar-refractivity contribution in [1.29, 1.82) is 0 Å². The first-order chi connectivity index (χ1) is 9.97. The van der Waals surface area contributed by atoms with Gasteiger partial charge in [0, 0.05) is 22.6 Å². The van der Waals surface area contributed by atoms with Crippen LogP contribution in [0.5, 0.6) is 0 Å². The highest BCUT2D eigenvalue weighted by Gasteiger charge is 2.13. The van der Waals surface area contributed by atoms with Crippen molar-refractivity contribution in [1.82, 2.24) is 0 Å². The Morgan fingerprint density at radius 1 is 1.19 bits per heavy atom. The third-order valence-corrected chi connectivity index (χ3v) is 3.66. The van der Waals surface area contributed by atoms with Gasteiger partial charge in [0.15, 0.2) is 5.78 Å². The summed E-state index contributed by atoms with van der Waals surface area (Å²) in [4.78, 5) is 22.0. The van der Waals surface area contributed by atoms with Gasteiger partial charge in [-0.05, 0) is 18.2 Å². The van der Waals surface area contributed by atoms with Gasteiger partial charge in [0.05, 0.1) is 10.7 Å². The quantitative estimate of drug-likeness (QED) is 0.364. The molecule has 0 aliphatic carbocycles. The van der Waals surface area contributed by atoms with Crippen molar-refractivity contribution in [2.24, 2.45) is 0 Å². The van der Waals surface area contributed by atoms with E-state index >= 15 is 0 Å². The number of hydrogen-bond donors (Lipinski definition) is 0. The topological polar surface area (TPSA) is 60.2 Å². The Kier molecular flexibility index (Phi) is 4.64. The molecule has 0 aliphatic rings. The van der Waals surface area contributed by atoms with Crippen molar-refractivity contribution >= 4 is 23.2 Å². The lowest BCUT2D eigenvalue weighted by Crippen LogP contribution is -2.03. The number of non-ortho nitro benzene ring substituents is 1. The molecule has 0 heterocycles. The number of carbonyl (C=O) groups excluding carboxylic acids is 1. The number of ketones is 1. The van der Waals surface area contributed by atoms with Gasteiger partial charge >= 0.3 is 0 Å². The molecule has 0 saturated carbocycles. The van der Waals surface area contributed by atoms with Gasteiger partial charge in [0.25, 0.3) is 5.69 Å². The lowest BCUT2D eigenvalue weighted by Gasteiger charge is -2.03. The third kappa shape index (κ3) is 3.85. The van der Waals surface area contributed by atoms with Crippen LogP contribution in [-0.4, -0.2) is 16.5 Å². The number of rotatable bonds is 5. The molecular weight excluding hydrogens is 300 g/mol. The maximum Gasteiger partial charge on any atom is 0.270 e. The second-order valence-electron chi connectivity index (χ2n) is 4.09. The summed E-state index contributed by atoms with van der Waals surface area (Å²) in [5.74, 6) is -1.75. The van der Waals surface area contributed by atoms with Gasteiger partial charge < -0.3 is 0 Å². The smallest absolute Gasteiger partial charge is 0.270 e. The van der Waals surface area contributed by atoms with Crippen LogP contribution >= 0.6 is 11.8 Å². The van der Waals surface area contributed by atoms with E-state index in [1.54, 1.807) is 0 Å². The minimum Gasteiger partial charge on any atom is -0.293 e. The van der Waals surface area contributed by atoms with Gasteiger partial charge in [-0.15, -0.1) is 11.8 Å². The number of nitro groups is 1. The zero-order valence-corrected chi connectivity index (χ0v) is 11.4. The lowest BCUT2D eigenvalue weighted by atomic mass is 10.1. The van der Waals surface area contributed by atoms with Crippen LogP contribution in [0.2, 0.25) is 0 Å². The fourth-order valence-corrected chi connectivity index (χ4v) is 2.46. The second kappa shape index (κ2) is 6.45. The van der Waals surface area contributed by atoms with Crippen LogP contribution < -0.4 is 0 Å². The zero-order chi connectivity index (χ0) is 15.4. The van der Waals surface area contributed by atoms with Gasteiger partial charge in [0.1, 0.15) is 11.6 Å². The summed E-state index contributed by atoms with van der Waals surface area (Å²) < 4.78 is 26.4. The van der Waals surface area contributed by atoms with E-state index in [-0.39, 0.29) is 21.9 Å². The molecule has 0 saturated heterocycles. The Balaban J connectivity index is 2.10. The SMILES string of the molecule is O=C(CSc1cc(F)ccc1F)c1cccc([N+](=O)[O-])c1. The average Bonchev–Trinajstić information content (AvgIpc) is 2.48. The van der Waals surface area contributed by atoms with Gasteiger partial charge in [-0.25, -0.2) is 8.78 Å². The van der Waals surface area contributed by atoms with E-state index in [9.17, 15) is 23.7 Å². The Hall–Kier alpha value is -2.28. The lowest BCUT2D eigenvalue weighted by molar-refractivity contribution is -0.384. The van der Waals surface area contributed by atoms with Crippen LogP contribution in [0.3, 0.4) is 0 Å². The molecule has 7 heteroatoms. The molecule has 108 valence electrons. The van der Waals surface area contributed by atoms with Crippen LogP contribution in [0.4, 0.5) is 14.5 Å². The van der Waals surface area contributed by atoms with Crippen LogP contribution in [0.1, 0.15) is 10.4 Å². The number of nitrogens with zero attached hydrogens (tertiary/aromatic N) is 1. The molecule has 0 radical (unpaired) electrons. The molecule has 0 N–H and O–H groups in total. The molecule has 2 aromatic rings. The average molecular weight is 309 g/mol. The summed E-state index contributed by atoms with van der Waals surface area (Å²) in [5, 5.41) is 10.6. The normalized spacial score (nSPS) is 10.4. The minimum absolute atomic E-state index is 0.0220. The number of carbonyl (C=O) groups is 1. The van der Waals surface area contributed by atoms with E-state index in [0.717, 1.165) is 36.0 Å². The molecule has 0 atom stereocenters. The fraction of sp³-hybridized carbons (Fsp3) is 0.0714. The van der Waals surface area contributed by atoms with Crippen LogP contribution in [0, 0.1) is 21.7 Å². The summed E-state index contributed by atoms with van der Waals surface area (Å²) in [7, 11) is 0. The molecule has 0 unspecified atom stereocenters. The largest absolute Gasteiger partial charge is 0.293 e. The summed E-state index contributed by atoms with van der Waals surface area (Å²) in [6.45, 7) is 0. The summed E-state index contributed by atoms with van der Waals surface area (Å²) >= 11 is 0.844. The highest BCUT2D eigenvalue weighted by Crippen LogP contribution is 2.24. The molecule has 0 fully saturated rings. The van der Waals surface area contributed by atoms with Crippen molar-refractivity contribution in [3.8, 4) is 0 Å². The number of hydrogen-bond acceptors (Lipinski definition) is 4. The Labute approximate surface area is 122 Å². The second-order valence-corrected chi connectivity index (χ2v) is 5.11. The Morgan fingerprint density at radius 3 is 2.67 bits per heavy atom. The van der Waals surface area contributed by atoms with Gasteiger partial charge in [-0.1, -0.05) is 12.1 Å². The van der Waals surface area contributed by atoms with Gasteiger partial charge in [-0.3, -0.25) is 14.9 Å². The molecule has 2 rings (SSSR count). The molecule has 4 nitrogen and oxygen atoms in total. The number of Topliss-reactive ketones (excluding diaryl/α,β-unsaturated/α-hetero) is 1. The fourth-order valence-electron chi connectivity index (χ4n) is 1.61. The highest BCUT2D eigenvalue weighted by molar-refractivity contribution is 8.00. The Morgan fingerprint density at radius 2 is 1.95 bits per heavy atom. The molecule has 0 aliphatic heterocycles. The molecule has 0 bridgehead atoms. The van der Waals surface area contributed by atoms with E-state index < -0.39 is 22.3 Å². The monoisotopic (exact) mass is 309 g/mol. The highest BCUT2D eigenvalue weighted by atomic mass is 32.2. The number of thioether (sulfide) groups is 1. The molecule has 21 heavy (non-hydrogen) atoms. The van der Waals surface area contributed by atoms with Crippen molar-refractivity contribution < 1.29 is 18.5 Å². The first kappa shape index (κ1) is 15.1. The maximum absolute atomic E-state index is 13.4. The first-order valence-corrected chi connectivity index (χ1v) is 6.81. The van der Waals surface area contributed by atoms with Crippen LogP contribution in [-0.2, 0) is 0 Å². The summed E-state index contributed by atoms with van der Waals surface area (Å²) in [6.07, 6.45) is 0. The molecular formula is C14H9F2NO3S. The van der Waals surface area contributed by atoms with Gasteiger partial charge in [0.2, 0.25) is 0 Å². The van der Waals surface area contributed by atoms with E-state index in [1.165, 1.54) is 18.2 Å². The summed E-state index contributed by atoms with van der Waals surface area (Å²) in [5.41, 5.74) is -0.0312.